The van der Waals surface area contributed by atoms with Crippen LogP contribution in [0.3, 0.4) is 0 Å². The number of carbonyl (C=O) groups is 1. The molecule has 0 bridgehead atoms. The monoisotopic (exact) mass is 388 g/mol. The molecule has 0 saturated heterocycles. The average molecular weight is 388 g/mol. The number of amides is 1. The Morgan fingerprint density at radius 1 is 0.793 bits per heavy atom. The largest absolute Gasteiger partial charge is 0.489 e. The van der Waals surface area contributed by atoms with Crippen LogP contribution in [0, 0.1) is 0 Å². The van der Waals surface area contributed by atoms with Crippen molar-refractivity contribution in [1.29, 1.82) is 0 Å². The molecule has 0 unspecified atom stereocenters. The number of hydrazine groups is 1. The lowest BCUT2D eigenvalue weighted by molar-refractivity contribution is -0.123. The van der Waals surface area contributed by atoms with Crippen LogP contribution in [-0.4, -0.2) is 12.5 Å². The zero-order chi connectivity index (χ0) is 20.3. The molecule has 148 valence electrons. The fourth-order valence-corrected chi connectivity index (χ4v) is 2.62. The molecule has 5 nitrogen and oxygen atoms in total. The van der Waals surface area contributed by atoms with Crippen LogP contribution in [-0.2, 0) is 11.4 Å². The van der Waals surface area contributed by atoms with Crippen LogP contribution >= 0.6 is 0 Å². The van der Waals surface area contributed by atoms with Crippen LogP contribution in [0.1, 0.15) is 18.1 Å². The van der Waals surface area contributed by atoms with Crippen LogP contribution in [0.25, 0.3) is 5.70 Å². The average Bonchev–Trinajstić information content (AvgIpc) is 2.79. The zero-order valence-corrected chi connectivity index (χ0v) is 16.3. The molecule has 0 aliphatic carbocycles. The number of allylic oxidation sites excluding steroid dienone is 1. The quantitative estimate of drug-likeness (QED) is 0.536. The van der Waals surface area contributed by atoms with Crippen LogP contribution in [0.5, 0.6) is 11.5 Å². The van der Waals surface area contributed by atoms with Crippen molar-refractivity contribution in [2.45, 2.75) is 13.5 Å². The minimum atomic E-state index is -0.273. The zero-order valence-electron chi connectivity index (χ0n) is 16.3. The lowest BCUT2D eigenvalue weighted by Crippen LogP contribution is -2.39. The lowest BCUT2D eigenvalue weighted by atomic mass is 10.1. The summed E-state index contributed by atoms with van der Waals surface area (Å²) in [5, 5.41) is 0. The predicted molar refractivity (Wildman–Crippen MR) is 114 cm³/mol. The van der Waals surface area contributed by atoms with E-state index >= 15 is 0 Å². The van der Waals surface area contributed by atoms with Crippen LogP contribution in [0.4, 0.5) is 0 Å². The van der Waals surface area contributed by atoms with Crippen molar-refractivity contribution >= 4 is 11.6 Å². The minimum absolute atomic E-state index is 0.0942. The lowest BCUT2D eigenvalue weighted by Gasteiger charge is -2.13. The van der Waals surface area contributed by atoms with E-state index in [2.05, 4.69) is 10.9 Å². The van der Waals surface area contributed by atoms with Gasteiger partial charge in [-0.3, -0.25) is 15.6 Å². The first-order chi connectivity index (χ1) is 14.2. The summed E-state index contributed by atoms with van der Waals surface area (Å²) in [6.07, 6.45) is 1.89. The van der Waals surface area contributed by atoms with Gasteiger partial charge in [0.2, 0.25) is 0 Å². The molecule has 0 aliphatic heterocycles. The minimum Gasteiger partial charge on any atom is -0.489 e. The molecule has 0 fully saturated rings. The van der Waals surface area contributed by atoms with Gasteiger partial charge in [-0.15, -0.1) is 0 Å². The first-order valence-corrected chi connectivity index (χ1v) is 9.41. The fourth-order valence-electron chi connectivity index (χ4n) is 2.62. The van der Waals surface area contributed by atoms with Crippen LogP contribution in [0.15, 0.2) is 91.0 Å². The van der Waals surface area contributed by atoms with Gasteiger partial charge in [0.1, 0.15) is 18.1 Å². The van der Waals surface area contributed by atoms with Crippen molar-refractivity contribution < 1.29 is 14.3 Å². The third-order valence-electron chi connectivity index (χ3n) is 4.15. The Morgan fingerprint density at radius 3 is 2.00 bits per heavy atom. The number of carbonyl (C=O) groups excluding carboxylic acids is 1. The molecule has 0 saturated carbocycles. The highest BCUT2D eigenvalue weighted by Crippen LogP contribution is 2.18. The summed E-state index contributed by atoms with van der Waals surface area (Å²) in [5.41, 5.74) is 8.48. The molecule has 0 radical (unpaired) electrons. The summed E-state index contributed by atoms with van der Waals surface area (Å²) in [6.45, 7) is 2.31. The normalized spacial score (nSPS) is 10.9. The number of ether oxygens (including phenoxy) is 2. The molecule has 5 heteroatoms. The number of nitrogens with one attached hydrogen (secondary N) is 2. The maximum Gasteiger partial charge on any atom is 0.276 e. The molecule has 3 aromatic carbocycles. The Labute approximate surface area is 171 Å². The molecule has 1 amide bonds. The van der Waals surface area contributed by atoms with Gasteiger partial charge in [-0.25, -0.2) is 0 Å². The fraction of sp³-hybridized carbons (Fsp3) is 0.125. The molecule has 0 spiro atoms. The van der Waals surface area contributed by atoms with E-state index in [1.807, 2.05) is 85.8 Å². The highest BCUT2D eigenvalue weighted by Gasteiger charge is 2.05. The van der Waals surface area contributed by atoms with Gasteiger partial charge in [-0.1, -0.05) is 66.7 Å². The van der Waals surface area contributed by atoms with Crippen molar-refractivity contribution in [3.63, 3.8) is 0 Å². The molecular formula is C24H24N2O3. The molecular weight excluding hydrogens is 364 g/mol. The van der Waals surface area contributed by atoms with E-state index < -0.39 is 0 Å². The van der Waals surface area contributed by atoms with Crippen LogP contribution in [0.2, 0.25) is 0 Å². The van der Waals surface area contributed by atoms with E-state index in [0.717, 1.165) is 22.6 Å². The van der Waals surface area contributed by atoms with Gasteiger partial charge in [-0.05, 0) is 42.3 Å². The highest BCUT2D eigenvalue weighted by atomic mass is 16.5. The van der Waals surface area contributed by atoms with Gasteiger partial charge in [0.25, 0.3) is 5.91 Å². The van der Waals surface area contributed by atoms with Gasteiger partial charge in [-0.2, -0.15) is 0 Å². The van der Waals surface area contributed by atoms with Gasteiger partial charge in [0.05, 0.1) is 5.70 Å². The van der Waals surface area contributed by atoms with Crippen molar-refractivity contribution in [1.82, 2.24) is 10.9 Å². The van der Waals surface area contributed by atoms with Gasteiger partial charge in [0, 0.05) is 0 Å². The van der Waals surface area contributed by atoms with E-state index in [-0.39, 0.29) is 12.5 Å². The standard InChI is InChI=1S/C24H24N2O3/c1-2-23(20-11-7-4-8-12-20)25-26-24(27)18-29-22-15-13-21(14-16-22)28-17-19-9-5-3-6-10-19/h2-16,25H,17-18H2,1H3,(H,26,27)/b23-2+. The Kier molecular flexibility index (Phi) is 7.29. The molecule has 0 aromatic heterocycles. The van der Waals surface area contributed by atoms with Crippen molar-refractivity contribution in [2.75, 3.05) is 6.61 Å². The number of hydrogen-bond donors (Lipinski definition) is 2. The second-order valence-electron chi connectivity index (χ2n) is 6.28. The molecule has 29 heavy (non-hydrogen) atoms. The summed E-state index contributed by atoms with van der Waals surface area (Å²) in [6, 6.07) is 26.9. The van der Waals surface area contributed by atoms with E-state index in [4.69, 9.17) is 9.47 Å². The Morgan fingerprint density at radius 2 is 1.38 bits per heavy atom. The smallest absolute Gasteiger partial charge is 0.276 e. The van der Waals surface area contributed by atoms with E-state index in [1.54, 1.807) is 12.1 Å². The predicted octanol–water partition coefficient (Wildman–Crippen LogP) is 4.33. The summed E-state index contributed by atoms with van der Waals surface area (Å²) < 4.78 is 11.3. The second-order valence-corrected chi connectivity index (χ2v) is 6.28. The van der Waals surface area contributed by atoms with Crippen molar-refractivity contribution in [3.05, 3.63) is 102 Å². The summed E-state index contributed by atoms with van der Waals surface area (Å²) >= 11 is 0. The maximum atomic E-state index is 12.0. The number of rotatable bonds is 9. The van der Waals surface area contributed by atoms with E-state index in [0.29, 0.717) is 12.4 Å². The summed E-state index contributed by atoms with van der Waals surface area (Å²) in [4.78, 5) is 12.0. The Hall–Kier alpha value is -3.73. The molecule has 0 aliphatic rings. The van der Waals surface area contributed by atoms with Crippen LogP contribution < -0.4 is 20.3 Å². The maximum absolute atomic E-state index is 12.0. The first kappa shape index (κ1) is 20.0. The molecule has 3 rings (SSSR count). The Bertz CT molecular complexity index is 923. The van der Waals surface area contributed by atoms with Gasteiger partial charge in [0.15, 0.2) is 6.61 Å². The SMILES string of the molecule is C/C=C(/NNC(=O)COc1ccc(OCc2ccccc2)cc1)c1ccccc1. The number of benzene rings is 3. The molecule has 3 aromatic rings. The highest BCUT2D eigenvalue weighted by molar-refractivity contribution is 5.78. The number of hydrogen-bond acceptors (Lipinski definition) is 4. The molecule has 0 atom stereocenters. The Balaban J connectivity index is 1.42. The van der Waals surface area contributed by atoms with Gasteiger partial charge < -0.3 is 9.47 Å². The van der Waals surface area contributed by atoms with E-state index in [9.17, 15) is 4.79 Å². The van der Waals surface area contributed by atoms with Crippen molar-refractivity contribution in [3.8, 4) is 11.5 Å². The molecule has 2 N–H and O–H groups in total. The first-order valence-electron chi connectivity index (χ1n) is 9.41. The third kappa shape index (κ3) is 6.43. The summed E-state index contributed by atoms with van der Waals surface area (Å²) in [5.74, 6) is 1.07. The van der Waals surface area contributed by atoms with Crippen molar-refractivity contribution in [2.24, 2.45) is 0 Å². The topological polar surface area (TPSA) is 59.6 Å². The van der Waals surface area contributed by atoms with E-state index in [1.165, 1.54) is 0 Å². The summed E-state index contributed by atoms with van der Waals surface area (Å²) in [7, 11) is 0. The molecule has 0 heterocycles. The van der Waals surface area contributed by atoms with Gasteiger partial charge >= 0.3 is 0 Å². The second kappa shape index (κ2) is 10.6. The third-order valence-corrected chi connectivity index (χ3v) is 4.15.